The van der Waals surface area contributed by atoms with Crippen LogP contribution >= 0.6 is 0 Å². The van der Waals surface area contributed by atoms with E-state index in [1.54, 1.807) is 0 Å². The van der Waals surface area contributed by atoms with Crippen molar-refractivity contribution in [3.05, 3.63) is 0 Å². The molecule has 105 valence electrons. The topological polar surface area (TPSA) is 6.48 Å². The molecule has 0 aromatic heterocycles. The first-order valence-corrected chi connectivity index (χ1v) is 8.97. The van der Waals surface area contributed by atoms with Crippen molar-refractivity contribution < 1.29 is 81.2 Å². The minimum absolute atomic E-state index is 0. The van der Waals surface area contributed by atoms with Crippen molar-refractivity contribution in [1.29, 1.82) is 0 Å². The van der Waals surface area contributed by atoms with Crippen LogP contribution in [0, 0.1) is 37.5 Å². The van der Waals surface area contributed by atoms with Crippen LogP contribution in [0.2, 0.25) is 0 Å². The summed E-state index contributed by atoms with van der Waals surface area (Å²) in [4.78, 5) is 0. The summed E-state index contributed by atoms with van der Waals surface area (Å²) < 4.78 is 5.47. The zero-order chi connectivity index (χ0) is 12.2. The van der Waals surface area contributed by atoms with Crippen LogP contribution in [0.15, 0.2) is 0 Å². The molecule has 0 spiro atoms. The van der Waals surface area contributed by atoms with Crippen molar-refractivity contribution in [2.24, 2.45) is 0 Å². The van der Waals surface area contributed by atoms with Crippen molar-refractivity contribution in [3.8, 4) is 0 Å². The summed E-state index contributed by atoms with van der Waals surface area (Å²) in [5, 5.41) is 0. The molecule has 0 heterocycles. The van der Waals surface area contributed by atoms with Gasteiger partial charge in [0.05, 0.1) is 0 Å². The van der Waals surface area contributed by atoms with Gasteiger partial charge in [-0.05, 0) is 0 Å². The zero-order valence-corrected chi connectivity index (χ0v) is 18.2. The van der Waals surface area contributed by atoms with Crippen molar-refractivity contribution in [2.45, 2.75) is 79.6 Å². The van der Waals surface area contributed by atoms with Crippen LogP contribution < -0.4 is 43.7 Å². The Morgan fingerprint density at radius 2 is 0.722 bits per heavy atom. The third-order valence-corrected chi connectivity index (χ3v) is 10.6. The van der Waals surface area contributed by atoms with Gasteiger partial charge >= 0.3 is 138 Å². The van der Waals surface area contributed by atoms with Gasteiger partial charge in [-0.15, -0.1) is 0 Å². The normalized spacial score (nSPS) is 10.6. The summed E-state index contributed by atoms with van der Waals surface area (Å²) in [6.45, 7) is 18.6. The zero-order valence-electron chi connectivity index (χ0n) is 13.5. The maximum absolute atomic E-state index is 2.74. The molecule has 18 heavy (non-hydrogen) atoms. The summed E-state index contributed by atoms with van der Waals surface area (Å²) in [5.41, 5.74) is 0. The standard InChI is InChI=1S/2C6H14N.2ClH.Li.Nd/c2*1-5(2)7-6(3)4;;;;/h2*5-6H,1-4H3;2*1H;;/q2*-1;;;+1;+3/p-2. The van der Waals surface area contributed by atoms with Crippen molar-refractivity contribution in [2.75, 3.05) is 0 Å². The Hall–Kier alpha value is 2.45. The van der Waals surface area contributed by atoms with Gasteiger partial charge in [0.25, 0.3) is 0 Å². The fraction of sp³-hybridized carbons (Fsp3) is 1.00. The van der Waals surface area contributed by atoms with E-state index in [4.69, 9.17) is 0 Å². The molecule has 0 aliphatic carbocycles. The van der Waals surface area contributed by atoms with E-state index in [1.165, 1.54) is 0 Å². The summed E-state index contributed by atoms with van der Waals surface area (Å²) in [7, 11) is 0. The van der Waals surface area contributed by atoms with Gasteiger partial charge in [-0.2, -0.15) is 0 Å². The summed E-state index contributed by atoms with van der Waals surface area (Å²) >= 11 is -0.827. The van der Waals surface area contributed by atoms with Gasteiger partial charge in [-0.1, -0.05) is 0 Å². The molecular weight excluding hydrogens is 394 g/mol. The molecule has 0 radical (unpaired) electrons. The Kier molecular flexibility index (Phi) is 22.9. The first-order valence-electron chi connectivity index (χ1n) is 6.10. The first kappa shape index (κ1) is 28.6. The molecule has 0 aromatic carbocycles. The van der Waals surface area contributed by atoms with Gasteiger partial charge in [0.2, 0.25) is 0 Å². The van der Waals surface area contributed by atoms with E-state index in [9.17, 15) is 0 Å². The molecule has 0 saturated heterocycles. The van der Waals surface area contributed by atoms with Crippen molar-refractivity contribution >= 4 is 0 Å². The quantitative estimate of drug-likeness (QED) is 0.394. The monoisotopic (exact) mass is 419 g/mol. The summed E-state index contributed by atoms with van der Waals surface area (Å²) in [6.07, 6.45) is 0. The number of hydrogen-bond acceptors (Lipinski definition) is 2. The smallest absolute Gasteiger partial charge is 1.00 e. The van der Waals surface area contributed by atoms with Crippen molar-refractivity contribution in [3.63, 3.8) is 0 Å². The average Bonchev–Trinajstić information content (AvgIpc) is 2.01. The maximum atomic E-state index is 2.74. The molecule has 0 aliphatic heterocycles. The third kappa shape index (κ3) is 11.1. The van der Waals surface area contributed by atoms with Gasteiger partial charge in [-0.3, -0.25) is 0 Å². The Bertz CT molecular complexity index is 147. The van der Waals surface area contributed by atoms with Crippen LogP contribution in [0.5, 0.6) is 0 Å². The molecule has 6 heteroatoms. The molecule has 0 aliphatic rings. The number of hydrogen-bond donors (Lipinski definition) is 0. The van der Waals surface area contributed by atoms with Gasteiger partial charge in [-0.25, -0.2) is 0 Å². The fourth-order valence-electron chi connectivity index (χ4n) is 1.79. The predicted octanol–water partition coefficient (Wildman–Crippen LogP) is -5.85. The van der Waals surface area contributed by atoms with Crippen LogP contribution in [0.3, 0.4) is 0 Å². The molecule has 0 aromatic rings. The Morgan fingerprint density at radius 3 is 0.833 bits per heavy atom. The molecule has 0 amide bonds. The second kappa shape index (κ2) is 14.4. The molecule has 0 atom stereocenters. The van der Waals surface area contributed by atoms with E-state index in [0.29, 0.717) is 24.2 Å². The molecule has 0 rings (SSSR count). The molecule has 0 unspecified atom stereocenters. The first-order chi connectivity index (χ1) is 6.77. The van der Waals surface area contributed by atoms with E-state index >= 15 is 0 Å². The van der Waals surface area contributed by atoms with Crippen LogP contribution in [0.25, 0.3) is 0 Å². The third-order valence-electron chi connectivity index (χ3n) is 2.46. The molecule has 0 fully saturated rings. The van der Waals surface area contributed by atoms with E-state index in [0.717, 1.165) is 0 Å². The van der Waals surface area contributed by atoms with Crippen molar-refractivity contribution in [1.82, 2.24) is 1.97 Å². The Balaban J connectivity index is -0.000000327. The molecule has 0 saturated carbocycles. The van der Waals surface area contributed by atoms with Crippen LogP contribution in [0.4, 0.5) is 0 Å². The number of rotatable bonds is 6. The van der Waals surface area contributed by atoms with Gasteiger partial charge in [0.15, 0.2) is 0 Å². The second-order valence-corrected chi connectivity index (χ2v) is 9.24. The SMILES string of the molecule is CC(C)[N]([Nd+][N](C(C)C)C(C)C)C(C)C.[Cl-].[Cl-].[Li+]. The molecule has 0 bridgehead atoms. The average molecular weight is 422 g/mol. The van der Waals surface area contributed by atoms with Crippen LogP contribution in [0.1, 0.15) is 55.4 Å². The molecular formula is C12H28Cl2LiN2Nd. The minimum atomic E-state index is -0.827. The van der Waals surface area contributed by atoms with E-state index < -0.39 is 37.5 Å². The van der Waals surface area contributed by atoms with Gasteiger partial charge in [0.1, 0.15) is 0 Å². The summed E-state index contributed by atoms with van der Waals surface area (Å²) in [5.74, 6) is 0. The Morgan fingerprint density at radius 1 is 0.556 bits per heavy atom. The predicted molar refractivity (Wildman–Crippen MR) is 64.2 cm³/mol. The number of halogens is 2. The minimum Gasteiger partial charge on any atom is -1.00 e. The second-order valence-electron chi connectivity index (χ2n) is 5.29. The summed E-state index contributed by atoms with van der Waals surface area (Å²) in [6, 6.07) is 2.81. The van der Waals surface area contributed by atoms with E-state index in [-0.39, 0.29) is 43.7 Å². The van der Waals surface area contributed by atoms with E-state index in [1.807, 2.05) is 0 Å². The maximum Gasteiger partial charge on any atom is 1.00 e. The molecule has 0 N–H and O–H groups in total. The van der Waals surface area contributed by atoms with E-state index in [2.05, 4.69) is 57.4 Å². The molecule has 2 nitrogen and oxygen atoms in total. The fourth-order valence-corrected chi connectivity index (χ4v) is 5.61. The van der Waals surface area contributed by atoms with Gasteiger partial charge < -0.3 is 24.8 Å². The number of nitrogens with zero attached hydrogens (tertiary/aromatic N) is 2. The Labute approximate surface area is 160 Å². The van der Waals surface area contributed by atoms with Crippen LogP contribution in [-0.4, -0.2) is 26.1 Å². The van der Waals surface area contributed by atoms with Crippen LogP contribution in [-0.2, 0) is 0 Å². The largest absolute Gasteiger partial charge is 1.00 e. The van der Waals surface area contributed by atoms with Gasteiger partial charge in [0, 0.05) is 0 Å².